The molecule has 0 aliphatic heterocycles. The lowest BCUT2D eigenvalue weighted by molar-refractivity contribution is -0.115. The van der Waals surface area contributed by atoms with Crippen molar-refractivity contribution >= 4 is 23.4 Å². The molecular formula is C22H23N3O5S. The highest BCUT2D eigenvalue weighted by Gasteiger charge is 2.18. The molecule has 0 aliphatic carbocycles. The van der Waals surface area contributed by atoms with Gasteiger partial charge in [0.25, 0.3) is 5.56 Å². The molecule has 8 nitrogen and oxygen atoms in total. The Hall–Kier alpha value is -3.46. The Morgan fingerprint density at radius 2 is 1.87 bits per heavy atom. The van der Waals surface area contributed by atoms with E-state index in [-0.39, 0.29) is 18.1 Å². The number of benzene rings is 2. The minimum Gasteiger partial charge on any atom is -0.497 e. The molecule has 0 radical (unpaired) electrons. The van der Waals surface area contributed by atoms with Gasteiger partial charge in [0, 0.05) is 12.1 Å². The molecule has 1 heterocycles. The molecule has 1 aromatic heterocycles. The van der Waals surface area contributed by atoms with Crippen LogP contribution < -0.4 is 25.1 Å². The van der Waals surface area contributed by atoms with E-state index in [2.05, 4.69) is 15.3 Å². The third-order valence-corrected chi connectivity index (χ3v) is 5.21. The fourth-order valence-electron chi connectivity index (χ4n) is 2.65. The number of carbonyl (C=O) groups excluding carboxylic acids is 1. The second kappa shape index (κ2) is 10.5. The van der Waals surface area contributed by atoms with Gasteiger partial charge in [-0.25, -0.2) is 4.98 Å². The number of hydrogen-bond acceptors (Lipinski definition) is 7. The largest absolute Gasteiger partial charge is 0.497 e. The van der Waals surface area contributed by atoms with Gasteiger partial charge in [-0.15, -0.1) is 0 Å². The number of ether oxygens (including phenoxy) is 3. The van der Waals surface area contributed by atoms with Crippen molar-refractivity contribution in [2.24, 2.45) is 0 Å². The summed E-state index contributed by atoms with van der Waals surface area (Å²) in [6, 6.07) is 15.8. The molecule has 31 heavy (non-hydrogen) atoms. The van der Waals surface area contributed by atoms with Crippen molar-refractivity contribution in [3.63, 3.8) is 0 Å². The van der Waals surface area contributed by atoms with Crippen molar-refractivity contribution in [2.75, 3.05) is 19.5 Å². The van der Waals surface area contributed by atoms with Crippen LogP contribution in [0.2, 0.25) is 0 Å². The van der Waals surface area contributed by atoms with Gasteiger partial charge < -0.3 is 24.5 Å². The zero-order valence-corrected chi connectivity index (χ0v) is 18.2. The number of carbonyl (C=O) groups is 1. The van der Waals surface area contributed by atoms with Crippen LogP contribution in [0.1, 0.15) is 12.6 Å². The van der Waals surface area contributed by atoms with Crippen molar-refractivity contribution in [1.29, 1.82) is 0 Å². The zero-order valence-electron chi connectivity index (χ0n) is 17.4. The van der Waals surface area contributed by atoms with E-state index < -0.39 is 5.25 Å². The summed E-state index contributed by atoms with van der Waals surface area (Å²) in [7, 11) is 3.07. The molecule has 9 heteroatoms. The SMILES string of the molecule is COc1ccc(OC)c(NC(=O)C(C)Sc2nc(COc3ccccc3)cc(=O)[nH]2)c1. The van der Waals surface area contributed by atoms with E-state index in [1.54, 1.807) is 32.2 Å². The number of aromatic nitrogens is 2. The maximum atomic E-state index is 12.7. The predicted molar refractivity (Wildman–Crippen MR) is 119 cm³/mol. The van der Waals surface area contributed by atoms with E-state index in [1.165, 1.54) is 13.2 Å². The number of anilines is 1. The standard InChI is InChI=1S/C22H23N3O5S/c1-14(21(27)24-18-12-17(28-2)9-10-19(18)29-3)31-22-23-15(11-20(26)25-22)13-30-16-7-5-4-6-8-16/h4-12,14H,13H2,1-3H3,(H,24,27)(H,23,25,26). The van der Waals surface area contributed by atoms with Gasteiger partial charge in [-0.3, -0.25) is 9.59 Å². The Bertz CT molecular complexity index is 1090. The average molecular weight is 442 g/mol. The summed E-state index contributed by atoms with van der Waals surface area (Å²) < 4.78 is 16.1. The van der Waals surface area contributed by atoms with Crippen molar-refractivity contribution < 1.29 is 19.0 Å². The smallest absolute Gasteiger partial charge is 0.251 e. The van der Waals surface area contributed by atoms with Crippen LogP contribution in [0.5, 0.6) is 17.2 Å². The van der Waals surface area contributed by atoms with Crippen molar-refractivity contribution in [2.45, 2.75) is 23.9 Å². The lowest BCUT2D eigenvalue weighted by Gasteiger charge is -2.15. The predicted octanol–water partition coefficient (Wildman–Crippen LogP) is 3.49. The number of methoxy groups -OCH3 is 2. The molecular weight excluding hydrogens is 418 g/mol. The molecule has 0 fully saturated rings. The summed E-state index contributed by atoms with van der Waals surface area (Å²) in [5.41, 5.74) is 0.647. The van der Waals surface area contributed by atoms with Gasteiger partial charge >= 0.3 is 0 Å². The molecule has 1 atom stereocenters. The number of amides is 1. The van der Waals surface area contributed by atoms with Crippen LogP contribution in [0, 0.1) is 0 Å². The minimum atomic E-state index is -0.538. The first-order valence-electron chi connectivity index (χ1n) is 9.46. The molecule has 1 amide bonds. The fraction of sp³-hybridized carbons (Fsp3) is 0.227. The van der Waals surface area contributed by atoms with Crippen LogP contribution in [0.25, 0.3) is 0 Å². The van der Waals surface area contributed by atoms with E-state index in [0.29, 0.717) is 33.8 Å². The first kappa shape index (κ1) is 22.2. The summed E-state index contributed by atoms with van der Waals surface area (Å²) in [5, 5.41) is 2.62. The van der Waals surface area contributed by atoms with E-state index >= 15 is 0 Å². The summed E-state index contributed by atoms with van der Waals surface area (Å²) in [5.74, 6) is 1.51. The maximum Gasteiger partial charge on any atom is 0.251 e. The second-order valence-electron chi connectivity index (χ2n) is 6.46. The molecule has 0 spiro atoms. The Balaban J connectivity index is 1.67. The van der Waals surface area contributed by atoms with E-state index in [4.69, 9.17) is 14.2 Å². The number of hydrogen-bond donors (Lipinski definition) is 2. The highest BCUT2D eigenvalue weighted by Crippen LogP contribution is 2.30. The first-order chi connectivity index (χ1) is 15.0. The van der Waals surface area contributed by atoms with Crippen LogP contribution >= 0.6 is 11.8 Å². The molecule has 1 unspecified atom stereocenters. The lowest BCUT2D eigenvalue weighted by atomic mass is 10.2. The van der Waals surface area contributed by atoms with E-state index in [9.17, 15) is 9.59 Å². The van der Waals surface area contributed by atoms with Crippen LogP contribution in [-0.2, 0) is 11.4 Å². The monoisotopic (exact) mass is 441 g/mol. The number of nitrogens with one attached hydrogen (secondary N) is 2. The molecule has 0 aliphatic rings. The Kier molecular flexibility index (Phi) is 7.55. The highest BCUT2D eigenvalue weighted by atomic mass is 32.2. The highest BCUT2D eigenvalue weighted by molar-refractivity contribution is 8.00. The molecule has 0 saturated carbocycles. The van der Waals surface area contributed by atoms with Gasteiger partial charge in [0.1, 0.15) is 23.9 Å². The second-order valence-corrected chi connectivity index (χ2v) is 7.79. The maximum absolute atomic E-state index is 12.7. The third kappa shape index (κ3) is 6.26. The van der Waals surface area contributed by atoms with Gasteiger partial charge in [-0.05, 0) is 31.2 Å². The molecule has 2 aromatic carbocycles. The van der Waals surface area contributed by atoms with Gasteiger partial charge in [0.15, 0.2) is 5.16 Å². The lowest BCUT2D eigenvalue weighted by Crippen LogP contribution is -2.23. The van der Waals surface area contributed by atoms with Crippen LogP contribution in [-0.4, -0.2) is 35.3 Å². The quantitative estimate of drug-likeness (QED) is 0.387. The van der Waals surface area contributed by atoms with Crippen molar-refractivity contribution in [3.05, 3.63) is 70.6 Å². The minimum absolute atomic E-state index is 0.142. The number of nitrogens with zero attached hydrogens (tertiary/aromatic N) is 1. The molecule has 3 aromatic rings. The Morgan fingerprint density at radius 3 is 2.58 bits per heavy atom. The molecule has 162 valence electrons. The van der Waals surface area contributed by atoms with Crippen molar-refractivity contribution in [3.8, 4) is 17.2 Å². The molecule has 2 N–H and O–H groups in total. The van der Waals surface area contributed by atoms with Crippen LogP contribution in [0.4, 0.5) is 5.69 Å². The zero-order chi connectivity index (χ0) is 22.2. The molecule has 0 bridgehead atoms. The number of H-pyrrole nitrogens is 1. The number of rotatable bonds is 9. The van der Waals surface area contributed by atoms with Gasteiger partial charge in [-0.1, -0.05) is 30.0 Å². The summed E-state index contributed by atoms with van der Waals surface area (Å²) in [6.07, 6.45) is 0. The average Bonchev–Trinajstić information content (AvgIpc) is 2.78. The third-order valence-electron chi connectivity index (χ3n) is 4.23. The number of para-hydroxylation sites is 1. The topological polar surface area (TPSA) is 103 Å². The normalized spacial score (nSPS) is 11.5. The van der Waals surface area contributed by atoms with Gasteiger partial charge in [0.05, 0.1) is 30.9 Å². The van der Waals surface area contributed by atoms with E-state index in [1.807, 2.05) is 30.3 Å². The Labute approximate surface area is 184 Å². The summed E-state index contributed by atoms with van der Waals surface area (Å²) >= 11 is 1.14. The summed E-state index contributed by atoms with van der Waals surface area (Å²) in [6.45, 7) is 1.86. The number of aromatic amines is 1. The Morgan fingerprint density at radius 1 is 1.10 bits per heavy atom. The molecule has 3 rings (SSSR count). The van der Waals surface area contributed by atoms with Gasteiger partial charge in [-0.2, -0.15) is 0 Å². The number of thioether (sulfide) groups is 1. The van der Waals surface area contributed by atoms with Crippen LogP contribution in [0.15, 0.2) is 64.5 Å². The van der Waals surface area contributed by atoms with Crippen molar-refractivity contribution in [1.82, 2.24) is 9.97 Å². The van der Waals surface area contributed by atoms with Gasteiger partial charge in [0.2, 0.25) is 5.91 Å². The first-order valence-corrected chi connectivity index (χ1v) is 10.3. The molecule has 0 saturated heterocycles. The summed E-state index contributed by atoms with van der Waals surface area (Å²) in [4.78, 5) is 31.8. The van der Waals surface area contributed by atoms with E-state index in [0.717, 1.165) is 11.8 Å². The fourth-order valence-corrected chi connectivity index (χ4v) is 3.48. The van der Waals surface area contributed by atoms with Crippen LogP contribution in [0.3, 0.4) is 0 Å².